The van der Waals surface area contributed by atoms with Gasteiger partial charge >= 0.3 is 5.97 Å². The molecule has 0 aliphatic rings. The van der Waals surface area contributed by atoms with Crippen LogP contribution in [0.5, 0.6) is 0 Å². The van der Waals surface area contributed by atoms with Crippen LogP contribution < -0.4 is 0 Å². The molecule has 3 heteroatoms. The van der Waals surface area contributed by atoms with Crippen molar-refractivity contribution in [1.82, 2.24) is 0 Å². The molecule has 0 atom stereocenters. The number of hydrogen-bond acceptors (Lipinski definition) is 3. The van der Waals surface area contributed by atoms with Gasteiger partial charge in [0.25, 0.3) is 0 Å². The van der Waals surface area contributed by atoms with Gasteiger partial charge < -0.3 is 9.47 Å². The smallest absolute Gasteiger partial charge is 0.302 e. The molecule has 0 spiro atoms. The Balaban J connectivity index is 3.43. The lowest BCUT2D eigenvalue weighted by Crippen LogP contribution is -1.98. The van der Waals surface area contributed by atoms with E-state index in [-0.39, 0.29) is 12.6 Å². The van der Waals surface area contributed by atoms with Gasteiger partial charge in [0.05, 0.1) is 12.9 Å². The van der Waals surface area contributed by atoms with Crippen LogP contribution in [0.2, 0.25) is 0 Å². The Morgan fingerprint density at radius 1 is 1.50 bits per heavy atom. The van der Waals surface area contributed by atoms with Crippen molar-refractivity contribution in [2.75, 3.05) is 13.7 Å². The number of ether oxygens (including phenoxy) is 2. The lowest BCUT2D eigenvalue weighted by Gasteiger charge is -1.98. The van der Waals surface area contributed by atoms with E-state index >= 15 is 0 Å². The van der Waals surface area contributed by atoms with Crippen molar-refractivity contribution in [3.63, 3.8) is 0 Å². The van der Waals surface area contributed by atoms with Gasteiger partial charge in [-0.1, -0.05) is 0 Å². The second-order valence-electron chi connectivity index (χ2n) is 1.82. The molecule has 0 amide bonds. The number of carbonyl (C=O) groups excluding carboxylic acids is 1. The average Bonchev–Trinajstić information content (AvgIpc) is 1.87. The third-order valence-electron chi connectivity index (χ3n) is 0.979. The van der Waals surface area contributed by atoms with Crippen LogP contribution in [-0.2, 0) is 14.3 Å². The molecule has 0 aliphatic carbocycles. The summed E-state index contributed by atoms with van der Waals surface area (Å²) in [6.45, 7) is 3.45. The molecule has 0 bridgehead atoms. The third kappa shape index (κ3) is 5.15. The summed E-state index contributed by atoms with van der Waals surface area (Å²) in [4.78, 5) is 10.2. The van der Waals surface area contributed by atoms with E-state index in [1.165, 1.54) is 6.92 Å². The van der Waals surface area contributed by atoms with Crippen molar-refractivity contribution >= 4 is 5.97 Å². The van der Waals surface area contributed by atoms with Crippen molar-refractivity contribution in [3.8, 4) is 0 Å². The fourth-order valence-corrected chi connectivity index (χ4v) is 0.360. The number of hydrogen-bond donors (Lipinski definition) is 0. The number of methoxy groups -OCH3 is 1. The Morgan fingerprint density at radius 2 is 2.10 bits per heavy atom. The van der Waals surface area contributed by atoms with Gasteiger partial charge in [0.1, 0.15) is 6.61 Å². The first-order valence-corrected chi connectivity index (χ1v) is 3.01. The summed E-state index contributed by atoms with van der Waals surface area (Å²) < 4.78 is 9.42. The first-order valence-electron chi connectivity index (χ1n) is 3.01. The van der Waals surface area contributed by atoms with Gasteiger partial charge in [-0.3, -0.25) is 4.79 Å². The molecule has 0 aromatic carbocycles. The van der Waals surface area contributed by atoms with Crippen LogP contribution in [-0.4, -0.2) is 19.7 Å². The molecule has 0 unspecified atom stereocenters. The van der Waals surface area contributed by atoms with Crippen molar-refractivity contribution in [1.29, 1.82) is 0 Å². The highest BCUT2D eigenvalue weighted by molar-refractivity contribution is 5.65. The monoisotopic (exact) mass is 144 g/mol. The number of allylic oxidation sites excluding steroid dienone is 1. The second-order valence-corrected chi connectivity index (χ2v) is 1.82. The Morgan fingerprint density at radius 3 is 2.50 bits per heavy atom. The van der Waals surface area contributed by atoms with Crippen LogP contribution in [0, 0.1) is 0 Å². The summed E-state index contributed by atoms with van der Waals surface area (Å²) in [6, 6.07) is 0. The zero-order valence-corrected chi connectivity index (χ0v) is 6.51. The maximum Gasteiger partial charge on any atom is 0.302 e. The maximum atomic E-state index is 10.2. The molecule has 3 nitrogen and oxygen atoms in total. The molecule has 0 heterocycles. The first-order chi connectivity index (χ1) is 4.66. The molecular weight excluding hydrogens is 132 g/mol. The summed E-state index contributed by atoms with van der Waals surface area (Å²) in [5.74, 6) is 0.474. The van der Waals surface area contributed by atoms with Gasteiger partial charge in [-0.2, -0.15) is 0 Å². The number of esters is 1. The maximum absolute atomic E-state index is 10.2. The van der Waals surface area contributed by atoms with Gasteiger partial charge in [0, 0.05) is 6.92 Å². The molecule has 10 heavy (non-hydrogen) atoms. The van der Waals surface area contributed by atoms with Gasteiger partial charge in [-0.15, -0.1) is 0 Å². The standard InChI is InChI=1S/C7H12O3/c1-6(9-3)4-5-10-7(2)8/h4H,5H2,1-3H3/b6-4-. The summed E-state index contributed by atoms with van der Waals surface area (Å²) >= 11 is 0. The summed E-state index contributed by atoms with van der Waals surface area (Å²) in [7, 11) is 1.57. The molecule has 0 fully saturated rings. The van der Waals surface area contributed by atoms with Crippen LogP contribution >= 0.6 is 0 Å². The van der Waals surface area contributed by atoms with Crippen LogP contribution in [0.25, 0.3) is 0 Å². The predicted octanol–water partition coefficient (Wildman–Crippen LogP) is 1.10. The zero-order chi connectivity index (χ0) is 7.98. The molecule has 0 radical (unpaired) electrons. The fourth-order valence-electron chi connectivity index (χ4n) is 0.360. The largest absolute Gasteiger partial charge is 0.502 e. The first kappa shape index (κ1) is 9.01. The Kier molecular flexibility index (Phi) is 4.37. The lowest BCUT2D eigenvalue weighted by molar-refractivity contribution is -0.139. The predicted molar refractivity (Wildman–Crippen MR) is 37.4 cm³/mol. The molecule has 0 saturated heterocycles. The van der Waals surface area contributed by atoms with Crippen LogP contribution in [0.1, 0.15) is 13.8 Å². The number of rotatable bonds is 3. The van der Waals surface area contributed by atoms with Crippen LogP contribution in [0.15, 0.2) is 11.8 Å². The van der Waals surface area contributed by atoms with E-state index in [9.17, 15) is 4.79 Å². The highest BCUT2D eigenvalue weighted by atomic mass is 16.5. The number of carbonyl (C=O) groups is 1. The average molecular weight is 144 g/mol. The minimum absolute atomic E-state index is 0.278. The van der Waals surface area contributed by atoms with Gasteiger partial charge in [0.15, 0.2) is 0 Å². The third-order valence-corrected chi connectivity index (χ3v) is 0.979. The normalized spacial score (nSPS) is 10.9. The molecule has 0 aromatic rings. The van der Waals surface area contributed by atoms with Crippen molar-refractivity contribution < 1.29 is 14.3 Å². The van der Waals surface area contributed by atoms with Crippen LogP contribution in [0.3, 0.4) is 0 Å². The summed E-state index contributed by atoms with van der Waals surface area (Å²) in [5.41, 5.74) is 0. The summed E-state index contributed by atoms with van der Waals surface area (Å²) in [6.07, 6.45) is 1.70. The molecule has 0 rings (SSSR count). The molecule has 0 aromatic heterocycles. The molecular formula is C7H12O3. The van der Waals surface area contributed by atoms with E-state index in [1.807, 2.05) is 0 Å². The second kappa shape index (κ2) is 4.85. The Labute approximate surface area is 60.6 Å². The highest BCUT2D eigenvalue weighted by Gasteiger charge is 1.88. The quantitative estimate of drug-likeness (QED) is 0.439. The summed E-state index contributed by atoms with van der Waals surface area (Å²) in [5, 5.41) is 0. The van der Waals surface area contributed by atoms with Crippen molar-refractivity contribution in [2.24, 2.45) is 0 Å². The van der Waals surface area contributed by atoms with E-state index in [2.05, 4.69) is 4.74 Å². The highest BCUT2D eigenvalue weighted by Crippen LogP contribution is 1.91. The van der Waals surface area contributed by atoms with Crippen molar-refractivity contribution in [3.05, 3.63) is 11.8 Å². The molecule has 0 aliphatic heterocycles. The molecule has 0 saturated carbocycles. The topological polar surface area (TPSA) is 35.5 Å². The van der Waals surface area contributed by atoms with E-state index in [0.717, 1.165) is 5.76 Å². The Bertz CT molecular complexity index is 138. The van der Waals surface area contributed by atoms with E-state index in [0.29, 0.717) is 0 Å². The van der Waals surface area contributed by atoms with Gasteiger partial charge in [-0.25, -0.2) is 0 Å². The molecule has 0 N–H and O–H groups in total. The van der Waals surface area contributed by atoms with Crippen molar-refractivity contribution in [2.45, 2.75) is 13.8 Å². The lowest BCUT2D eigenvalue weighted by atomic mass is 10.5. The minimum atomic E-state index is -0.278. The SMILES string of the molecule is CO/C(C)=C\COC(C)=O. The van der Waals surface area contributed by atoms with E-state index in [4.69, 9.17) is 4.74 Å². The Hall–Kier alpha value is -0.990. The van der Waals surface area contributed by atoms with E-state index in [1.54, 1.807) is 20.1 Å². The van der Waals surface area contributed by atoms with E-state index < -0.39 is 0 Å². The minimum Gasteiger partial charge on any atom is -0.502 e. The molecule has 58 valence electrons. The zero-order valence-electron chi connectivity index (χ0n) is 6.51. The van der Waals surface area contributed by atoms with Gasteiger partial charge in [0.2, 0.25) is 0 Å². The van der Waals surface area contributed by atoms with Gasteiger partial charge in [-0.05, 0) is 13.0 Å². The fraction of sp³-hybridized carbons (Fsp3) is 0.571. The van der Waals surface area contributed by atoms with Crippen LogP contribution in [0.4, 0.5) is 0 Å².